The smallest absolute Gasteiger partial charge is 0.264 e. The van der Waals surface area contributed by atoms with Crippen molar-refractivity contribution < 1.29 is 4.74 Å². The summed E-state index contributed by atoms with van der Waals surface area (Å²) in [6.45, 7) is 1.33. The largest absolute Gasteiger partial charge is 0.379 e. The predicted molar refractivity (Wildman–Crippen MR) is 108 cm³/mol. The normalized spacial score (nSPS) is 20.4. The van der Waals surface area contributed by atoms with Crippen molar-refractivity contribution in [2.45, 2.75) is 30.8 Å². The Labute approximate surface area is 162 Å². The molecule has 0 amide bonds. The minimum atomic E-state index is -0.154. The number of ether oxygens (including phenoxy) is 1. The van der Waals surface area contributed by atoms with Crippen LogP contribution in [0.4, 0.5) is 5.82 Å². The third kappa shape index (κ3) is 2.96. The minimum Gasteiger partial charge on any atom is -0.379 e. The van der Waals surface area contributed by atoms with E-state index in [1.54, 1.807) is 13.4 Å². The van der Waals surface area contributed by atoms with E-state index in [0.29, 0.717) is 29.9 Å². The molecule has 1 aromatic carbocycles. The number of hydrogen-bond donors (Lipinski definition) is 2. The first-order chi connectivity index (χ1) is 13.5. The number of nitrogens with zero attached hydrogens (tertiary/aromatic N) is 3. The van der Waals surface area contributed by atoms with Crippen LogP contribution in [0.1, 0.15) is 24.8 Å². The van der Waals surface area contributed by atoms with Gasteiger partial charge in [0.2, 0.25) is 0 Å². The minimum absolute atomic E-state index is 0.111. The Balaban J connectivity index is 1.61. The molecule has 3 heterocycles. The van der Waals surface area contributed by atoms with Crippen LogP contribution in [0.2, 0.25) is 0 Å². The molecule has 3 N–H and O–H groups in total. The van der Waals surface area contributed by atoms with E-state index in [4.69, 9.17) is 15.5 Å². The number of anilines is 1. The first kappa shape index (κ1) is 17.3. The van der Waals surface area contributed by atoms with Gasteiger partial charge in [-0.25, -0.2) is 9.97 Å². The Hall–Kier alpha value is -2.77. The van der Waals surface area contributed by atoms with Crippen LogP contribution in [-0.2, 0) is 17.3 Å². The van der Waals surface area contributed by atoms with Crippen LogP contribution in [0.25, 0.3) is 22.2 Å². The second kappa shape index (κ2) is 6.39. The number of hydrogen-bond acceptors (Lipinski definition) is 6. The molecule has 0 spiro atoms. The van der Waals surface area contributed by atoms with Crippen LogP contribution in [-0.4, -0.2) is 33.8 Å². The van der Waals surface area contributed by atoms with E-state index in [1.165, 1.54) is 4.57 Å². The van der Waals surface area contributed by atoms with Gasteiger partial charge in [-0.05, 0) is 30.9 Å². The molecule has 0 bridgehead atoms. The summed E-state index contributed by atoms with van der Waals surface area (Å²) in [5.41, 5.74) is 9.58. The van der Waals surface area contributed by atoms with E-state index in [0.717, 1.165) is 36.1 Å². The molecule has 0 radical (unpaired) electrons. The monoisotopic (exact) mass is 377 g/mol. The van der Waals surface area contributed by atoms with Gasteiger partial charge in [-0.2, -0.15) is 0 Å². The van der Waals surface area contributed by atoms with Gasteiger partial charge in [0, 0.05) is 24.8 Å². The predicted octanol–water partition coefficient (Wildman–Crippen LogP) is 2.14. The van der Waals surface area contributed by atoms with Crippen molar-refractivity contribution in [2.75, 3.05) is 18.5 Å². The second-order valence-corrected chi connectivity index (χ2v) is 7.85. The van der Waals surface area contributed by atoms with Crippen molar-refractivity contribution in [3.63, 3.8) is 0 Å². The average Bonchev–Trinajstić information content (AvgIpc) is 3.25. The van der Waals surface area contributed by atoms with Gasteiger partial charge in [0.1, 0.15) is 11.2 Å². The molecule has 7 nitrogen and oxygen atoms in total. The fourth-order valence-electron chi connectivity index (χ4n) is 3.71. The highest BCUT2D eigenvalue weighted by Gasteiger charge is 2.39. The zero-order chi connectivity index (χ0) is 19.3. The summed E-state index contributed by atoms with van der Waals surface area (Å²) in [5.74, 6) is 0.568. The van der Waals surface area contributed by atoms with E-state index >= 15 is 0 Å². The molecule has 1 aliphatic carbocycles. The lowest BCUT2D eigenvalue weighted by Gasteiger charge is -2.15. The molecule has 7 heteroatoms. The number of fused-ring (bicyclic) bond motifs is 1. The molecule has 1 aliphatic heterocycles. The molecule has 2 aliphatic rings. The summed E-state index contributed by atoms with van der Waals surface area (Å²) in [6, 6.07) is 10.2. The molecular weight excluding hydrogens is 354 g/mol. The number of nitrogens with two attached hydrogens (primary N) is 1. The third-order valence-corrected chi connectivity index (χ3v) is 5.72. The molecule has 1 atom stereocenters. The van der Waals surface area contributed by atoms with Crippen molar-refractivity contribution in [2.24, 2.45) is 12.8 Å². The molecule has 1 saturated heterocycles. The van der Waals surface area contributed by atoms with Crippen LogP contribution < -0.4 is 16.6 Å². The topological polar surface area (TPSA) is 95.1 Å². The molecule has 2 aromatic heterocycles. The number of nitrogens with one attached hydrogen (secondary N) is 1. The maximum absolute atomic E-state index is 12.7. The highest BCUT2D eigenvalue weighted by molar-refractivity contribution is 5.91. The van der Waals surface area contributed by atoms with Crippen molar-refractivity contribution in [3.05, 3.63) is 52.6 Å². The van der Waals surface area contributed by atoms with Gasteiger partial charge in [0.25, 0.3) is 5.56 Å². The SMILES string of the molecule is Cn1cnc2cc(-c3ccc(C4(N)CC4)cc3)nc(N[C@@H]3CCOC3)c2c1=O. The number of pyridine rings is 1. The van der Waals surface area contributed by atoms with Gasteiger partial charge in [-0.1, -0.05) is 24.3 Å². The lowest BCUT2D eigenvalue weighted by molar-refractivity contribution is 0.195. The van der Waals surface area contributed by atoms with Crippen molar-refractivity contribution in [1.29, 1.82) is 0 Å². The number of rotatable bonds is 4. The summed E-state index contributed by atoms with van der Waals surface area (Å²) in [6.07, 6.45) is 4.50. The molecule has 144 valence electrons. The summed E-state index contributed by atoms with van der Waals surface area (Å²) in [4.78, 5) is 22.0. The van der Waals surface area contributed by atoms with Crippen molar-refractivity contribution in [1.82, 2.24) is 14.5 Å². The van der Waals surface area contributed by atoms with Gasteiger partial charge < -0.3 is 20.4 Å². The second-order valence-electron chi connectivity index (χ2n) is 7.85. The first-order valence-electron chi connectivity index (χ1n) is 9.64. The Morgan fingerprint density at radius 3 is 2.75 bits per heavy atom. The molecule has 5 rings (SSSR count). The van der Waals surface area contributed by atoms with Crippen molar-refractivity contribution >= 4 is 16.7 Å². The van der Waals surface area contributed by atoms with Gasteiger partial charge >= 0.3 is 0 Å². The molecule has 1 saturated carbocycles. The highest BCUT2D eigenvalue weighted by Crippen LogP contribution is 2.43. The average molecular weight is 377 g/mol. The molecule has 3 aromatic rings. The Morgan fingerprint density at radius 1 is 1.29 bits per heavy atom. The van der Waals surface area contributed by atoms with Gasteiger partial charge in [0.15, 0.2) is 0 Å². The summed E-state index contributed by atoms with van der Waals surface area (Å²) in [7, 11) is 1.70. The molecular formula is C21H23N5O2. The highest BCUT2D eigenvalue weighted by atomic mass is 16.5. The van der Waals surface area contributed by atoms with E-state index in [2.05, 4.69) is 22.4 Å². The van der Waals surface area contributed by atoms with Gasteiger partial charge in [0.05, 0.1) is 30.2 Å². The fraction of sp³-hybridized carbons (Fsp3) is 0.381. The Morgan fingerprint density at radius 2 is 2.07 bits per heavy atom. The zero-order valence-corrected chi connectivity index (χ0v) is 15.8. The van der Waals surface area contributed by atoms with Crippen LogP contribution >= 0.6 is 0 Å². The maximum atomic E-state index is 12.7. The number of benzene rings is 1. The zero-order valence-electron chi connectivity index (χ0n) is 15.8. The van der Waals surface area contributed by atoms with E-state index in [1.807, 2.05) is 18.2 Å². The van der Waals surface area contributed by atoms with Crippen LogP contribution in [0.5, 0.6) is 0 Å². The van der Waals surface area contributed by atoms with E-state index < -0.39 is 0 Å². The first-order valence-corrected chi connectivity index (χ1v) is 9.64. The van der Waals surface area contributed by atoms with E-state index in [9.17, 15) is 4.79 Å². The van der Waals surface area contributed by atoms with Crippen molar-refractivity contribution in [3.8, 4) is 11.3 Å². The molecule has 0 unspecified atom stereocenters. The Kier molecular flexibility index (Phi) is 3.96. The standard InChI is InChI=1S/C21H23N5O2/c1-26-12-23-17-10-16(13-2-4-14(5-3-13)21(22)7-8-21)25-19(18(17)20(26)27)24-15-6-9-28-11-15/h2-5,10,12,15H,6-9,11,22H2,1H3,(H,24,25)/t15-/m1/s1. The fourth-order valence-corrected chi connectivity index (χ4v) is 3.71. The van der Waals surface area contributed by atoms with Gasteiger partial charge in [-0.3, -0.25) is 4.79 Å². The van der Waals surface area contributed by atoms with Crippen LogP contribution in [0.3, 0.4) is 0 Å². The molecule has 28 heavy (non-hydrogen) atoms. The number of aromatic nitrogens is 3. The Bertz CT molecular complexity index is 1100. The van der Waals surface area contributed by atoms with Crippen LogP contribution in [0, 0.1) is 0 Å². The summed E-state index contributed by atoms with van der Waals surface area (Å²) >= 11 is 0. The lowest BCUT2D eigenvalue weighted by atomic mass is 10.0. The van der Waals surface area contributed by atoms with Crippen LogP contribution in [0.15, 0.2) is 41.5 Å². The lowest BCUT2D eigenvalue weighted by Crippen LogP contribution is -2.24. The van der Waals surface area contributed by atoms with E-state index in [-0.39, 0.29) is 17.1 Å². The third-order valence-electron chi connectivity index (χ3n) is 5.72. The van der Waals surface area contributed by atoms with Gasteiger partial charge in [-0.15, -0.1) is 0 Å². The summed E-state index contributed by atoms with van der Waals surface area (Å²) in [5, 5.41) is 3.91. The summed E-state index contributed by atoms with van der Waals surface area (Å²) < 4.78 is 6.94. The number of aryl methyl sites for hydroxylation is 1. The quantitative estimate of drug-likeness (QED) is 0.723. The molecule has 2 fully saturated rings. The maximum Gasteiger partial charge on any atom is 0.264 e.